The number of hydrogen-bond donors (Lipinski definition) is 0. The zero-order valence-corrected chi connectivity index (χ0v) is 10.4. The Balaban J connectivity index is 3.06. The van der Waals surface area contributed by atoms with Crippen LogP contribution in [0.25, 0.3) is 0 Å². The molecule has 0 aromatic heterocycles. The second-order valence-corrected chi connectivity index (χ2v) is 3.59. The van der Waals surface area contributed by atoms with Gasteiger partial charge >= 0.3 is 5.97 Å². The molecule has 0 radical (unpaired) electrons. The van der Waals surface area contributed by atoms with Crippen molar-refractivity contribution in [3.63, 3.8) is 0 Å². The molecule has 0 N–H and O–H groups in total. The molecule has 90 valence electrons. The van der Waals surface area contributed by atoms with Crippen molar-refractivity contribution in [3.8, 4) is 11.8 Å². The number of nitrogens with zero attached hydrogens (tertiary/aromatic N) is 1. The number of hydrogen-bond acceptors (Lipinski definition) is 4. The topological polar surface area (TPSA) is 59.3 Å². The summed E-state index contributed by atoms with van der Waals surface area (Å²) in [7, 11) is 1.47. The summed E-state index contributed by atoms with van der Waals surface area (Å²) in [6.45, 7) is 2.04. The number of rotatable bonds is 4. The van der Waals surface area contributed by atoms with E-state index >= 15 is 0 Å². The molecule has 0 saturated heterocycles. The van der Waals surface area contributed by atoms with E-state index in [1.54, 1.807) is 19.1 Å². The Morgan fingerprint density at radius 2 is 2.24 bits per heavy atom. The fraction of sp³-hybridized carbons (Fsp3) is 0.333. The van der Waals surface area contributed by atoms with Gasteiger partial charge in [-0.2, -0.15) is 5.26 Å². The van der Waals surface area contributed by atoms with Crippen molar-refractivity contribution in [3.05, 3.63) is 28.3 Å². The van der Waals surface area contributed by atoms with Crippen LogP contribution >= 0.6 is 11.6 Å². The Hall–Kier alpha value is -1.73. The van der Waals surface area contributed by atoms with Gasteiger partial charge in [0.25, 0.3) is 0 Å². The molecule has 0 atom stereocenters. The van der Waals surface area contributed by atoms with Crippen LogP contribution in [0, 0.1) is 11.3 Å². The maximum atomic E-state index is 11.3. The third kappa shape index (κ3) is 3.11. The summed E-state index contributed by atoms with van der Waals surface area (Å²) in [5, 5.41) is 9.24. The number of halogens is 1. The quantitative estimate of drug-likeness (QED) is 0.773. The van der Waals surface area contributed by atoms with Crippen molar-refractivity contribution >= 4 is 17.6 Å². The fourth-order valence-corrected chi connectivity index (χ4v) is 1.69. The summed E-state index contributed by atoms with van der Waals surface area (Å²) in [5.74, 6) is 0.0288. The minimum absolute atomic E-state index is 0.0282. The predicted octanol–water partition coefficient (Wildman–Crippen LogP) is 2.33. The normalized spacial score (nSPS) is 9.53. The number of methoxy groups -OCH3 is 1. The first-order valence-electron chi connectivity index (χ1n) is 5.05. The molecule has 4 nitrogen and oxygen atoms in total. The first-order chi connectivity index (χ1) is 8.13. The number of benzene rings is 1. The van der Waals surface area contributed by atoms with Gasteiger partial charge in [0, 0.05) is 0 Å². The highest BCUT2D eigenvalue weighted by molar-refractivity contribution is 6.33. The maximum absolute atomic E-state index is 11.3. The Morgan fingerprint density at radius 1 is 1.53 bits per heavy atom. The Kier molecular flexibility index (Phi) is 4.80. The van der Waals surface area contributed by atoms with Crippen LogP contribution in [0.5, 0.6) is 5.75 Å². The molecule has 17 heavy (non-hydrogen) atoms. The molecule has 0 amide bonds. The summed E-state index contributed by atoms with van der Waals surface area (Å²) in [6.07, 6.45) is 0.0282. The summed E-state index contributed by atoms with van der Waals surface area (Å²) in [4.78, 5) is 11.3. The molecular weight excluding hydrogens is 242 g/mol. The molecule has 0 saturated carbocycles. The molecule has 1 rings (SSSR count). The second-order valence-electron chi connectivity index (χ2n) is 3.21. The Bertz CT molecular complexity index is 466. The van der Waals surface area contributed by atoms with Gasteiger partial charge in [-0.25, -0.2) is 0 Å². The van der Waals surface area contributed by atoms with Gasteiger partial charge in [-0.1, -0.05) is 17.7 Å². The first kappa shape index (κ1) is 13.3. The monoisotopic (exact) mass is 253 g/mol. The van der Waals surface area contributed by atoms with E-state index in [0.717, 1.165) is 0 Å². The van der Waals surface area contributed by atoms with Gasteiger partial charge in [-0.3, -0.25) is 4.79 Å². The molecule has 0 spiro atoms. The second kappa shape index (κ2) is 6.12. The molecule has 0 heterocycles. The minimum atomic E-state index is -0.384. The van der Waals surface area contributed by atoms with Crippen LogP contribution < -0.4 is 4.74 Å². The van der Waals surface area contributed by atoms with Crippen LogP contribution in [0.2, 0.25) is 5.02 Å². The van der Waals surface area contributed by atoms with Crippen LogP contribution in [-0.4, -0.2) is 19.7 Å². The summed E-state index contributed by atoms with van der Waals surface area (Å²) in [6, 6.07) is 5.23. The van der Waals surface area contributed by atoms with Crippen LogP contribution in [0.4, 0.5) is 0 Å². The molecule has 0 bridgehead atoms. The molecule has 1 aromatic carbocycles. The van der Waals surface area contributed by atoms with Crippen molar-refractivity contribution in [1.29, 1.82) is 5.26 Å². The Labute approximate surface area is 105 Å². The predicted molar refractivity (Wildman–Crippen MR) is 63.1 cm³/mol. The van der Waals surface area contributed by atoms with E-state index < -0.39 is 0 Å². The van der Waals surface area contributed by atoms with E-state index in [-0.39, 0.29) is 23.0 Å². The molecule has 1 aromatic rings. The number of carbonyl (C=O) groups is 1. The zero-order valence-electron chi connectivity index (χ0n) is 9.62. The largest absolute Gasteiger partial charge is 0.495 e. The number of carbonyl (C=O) groups excluding carboxylic acids is 1. The Morgan fingerprint density at radius 3 is 2.76 bits per heavy atom. The summed E-state index contributed by atoms with van der Waals surface area (Å²) >= 11 is 5.98. The van der Waals surface area contributed by atoms with Crippen LogP contribution in [0.3, 0.4) is 0 Å². The summed E-state index contributed by atoms with van der Waals surface area (Å²) in [5.41, 5.74) is 0.788. The highest BCUT2D eigenvalue weighted by Crippen LogP contribution is 2.30. The van der Waals surface area contributed by atoms with Gasteiger partial charge in [-0.15, -0.1) is 0 Å². The first-order valence-corrected chi connectivity index (χ1v) is 5.42. The minimum Gasteiger partial charge on any atom is -0.495 e. The average Bonchev–Trinajstić information content (AvgIpc) is 2.30. The van der Waals surface area contributed by atoms with E-state index in [4.69, 9.17) is 26.3 Å². The zero-order chi connectivity index (χ0) is 12.8. The van der Waals surface area contributed by atoms with E-state index in [9.17, 15) is 4.79 Å². The van der Waals surface area contributed by atoms with Gasteiger partial charge in [0.05, 0.1) is 25.7 Å². The lowest BCUT2D eigenvalue weighted by Gasteiger charge is -2.08. The van der Waals surface area contributed by atoms with Crippen molar-refractivity contribution < 1.29 is 14.3 Å². The maximum Gasteiger partial charge on any atom is 0.310 e. The highest BCUT2D eigenvalue weighted by Gasteiger charge is 2.15. The molecule has 0 unspecified atom stereocenters. The van der Waals surface area contributed by atoms with E-state index in [1.807, 2.05) is 6.07 Å². The van der Waals surface area contributed by atoms with Crippen molar-refractivity contribution in [2.45, 2.75) is 13.3 Å². The standard InChI is InChI=1S/C12H12ClNO3/c1-3-17-11(15)6-8-4-5-10(16-2)12(13)9(8)7-14/h4-5H,3,6H2,1-2H3. The van der Waals surface area contributed by atoms with Crippen LogP contribution in [0.15, 0.2) is 12.1 Å². The van der Waals surface area contributed by atoms with Gasteiger partial charge in [0.15, 0.2) is 0 Å². The number of ether oxygens (including phenoxy) is 2. The molecule has 0 fully saturated rings. The third-order valence-electron chi connectivity index (χ3n) is 2.16. The number of nitriles is 1. The molecule has 0 aliphatic carbocycles. The SMILES string of the molecule is CCOC(=O)Cc1ccc(OC)c(Cl)c1C#N. The van der Waals surface area contributed by atoms with Gasteiger partial charge in [0.1, 0.15) is 16.8 Å². The molecule has 0 aliphatic heterocycles. The molecule has 5 heteroatoms. The molecule has 0 aliphatic rings. The summed E-state index contributed by atoms with van der Waals surface area (Å²) < 4.78 is 9.81. The van der Waals surface area contributed by atoms with E-state index in [0.29, 0.717) is 17.9 Å². The van der Waals surface area contributed by atoms with E-state index in [1.165, 1.54) is 7.11 Å². The lowest BCUT2D eigenvalue weighted by Crippen LogP contribution is -2.09. The fourth-order valence-electron chi connectivity index (χ4n) is 1.39. The highest BCUT2D eigenvalue weighted by atomic mass is 35.5. The van der Waals surface area contributed by atoms with Crippen molar-refractivity contribution in [2.75, 3.05) is 13.7 Å². The van der Waals surface area contributed by atoms with Crippen LogP contribution in [0.1, 0.15) is 18.1 Å². The third-order valence-corrected chi connectivity index (χ3v) is 2.54. The van der Waals surface area contributed by atoms with Crippen molar-refractivity contribution in [1.82, 2.24) is 0 Å². The van der Waals surface area contributed by atoms with Crippen LogP contribution in [-0.2, 0) is 16.0 Å². The van der Waals surface area contributed by atoms with Gasteiger partial charge in [0.2, 0.25) is 0 Å². The lowest BCUT2D eigenvalue weighted by molar-refractivity contribution is -0.142. The van der Waals surface area contributed by atoms with Crippen molar-refractivity contribution in [2.24, 2.45) is 0 Å². The average molecular weight is 254 g/mol. The van der Waals surface area contributed by atoms with Gasteiger partial charge in [-0.05, 0) is 18.6 Å². The smallest absolute Gasteiger partial charge is 0.310 e. The molecular formula is C12H12ClNO3. The van der Waals surface area contributed by atoms with E-state index in [2.05, 4.69) is 0 Å². The lowest BCUT2D eigenvalue weighted by atomic mass is 10.1. The van der Waals surface area contributed by atoms with Gasteiger partial charge < -0.3 is 9.47 Å². The number of esters is 1.